The molecule has 2 N–H and O–H groups in total. The first-order chi connectivity index (χ1) is 9.56. The van der Waals surface area contributed by atoms with Crippen LogP contribution in [-0.4, -0.2) is 9.78 Å². The third-order valence-corrected chi connectivity index (χ3v) is 2.77. The third kappa shape index (κ3) is 1.93. The number of aromatic nitrogens is 2. The van der Waals surface area contributed by atoms with E-state index in [4.69, 9.17) is 10.2 Å². The van der Waals surface area contributed by atoms with Gasteiger partial charge in [0, 0.05) is 17.7 Å². The number of benzene rings is 1. The number of rotatable bonds is 2. The van der Waals surface area contributed by atoms with Crippen molar-refractivity contribution >= 4 is 5.69 Å². The van der Waals surface area contributed by atoms with Gasteiger partial charge < -0.3 is 10.2 Å². The lowest BCUT2D eigenvalue weighted by Crippen LogP contribution is -2.01. The lowest BCUT2D eigenvalue weighted by molar-refractivity contribution is 0.491. The SMILES string of the molecule is Nc1cn(-c2cc(F)c(F)cc2F)nc1-c1ccoc1. The smallest absolute Gasteiger partial charge is 0.161 e. The van der Waals surface area contributed by atoms with Gasteiger partial charge in [0.1, 0.15) is 11.4 Å². The first-order valence-electron chi connectivity index (χ1n) is 5.59. The van der Waals surface area contributed by atoms with Crippen LogP contribution in [0.4, 0.5) is 18.9 Å². The summed E-state index contributed by atoms with van der Waals surface area (Å²) in [5.74, 6) is -3.37. The second-order valence-corrected chi connectivity index (χ2v) is 4.11. The van der Waals surface area contributed by atoms with E-state index in [1.54, 1.807) is 6.07 Å². The zero-order chi connectivity index (χ0) is 14.3. The number of halogens is 3. The van der Waals surface area contributed by atoms with E-state index in [2.05, 4.69) is 5.10 Å². The van der Waals surface area contributed by atoms with Crippen LogP contribution in [0.3, 0.4) is 0 Å². The maximum atomic E-state index is 13.7. The lowest BCUT2D eigenvalue weighted by atomic mass is 10.2. The number of hydrogen-bond donors (Lipinski definition) is 1. The first-order valence-corrected chi connectivity index (χ1v) is 5.59. The molecule has 4 nitrogen and oxygen atoms in total. The van der Waals surface area contributed by atoms with Crippen molar-refractivity contribution in [3.63, 3.8) is 0 Å². The monoisotopic (exact) mass is 279 g/mol. The molecule has 0 amide bonds. The summed E-state index contributed by atoms with van der Waals surface area (Å²) < 4.78 is 45.7. The number of hydrogen-bond acceptors (Lipinski definition) is 3. The minimum absolute atomic E-state index is 0.231. The number of nitrogen functional groups attached to an aromatic ring is 1. The van der Waals surface area contributed by atoms with Gasteiger partial charge in [-0.05, 0) is 6.07 Å². The molecule has 2 heterocycles. The number of nitrogens with two attached hydrogens (primary N) is 1. The fraction of sp³-hybridized carbons (Fsp3) is 0. The Kier molecular flexibility index (Phi) is 2.74. The number of furan rings is 1. The highest BCUT2D eigenvalue weighted by atomic mass is 19.2. The normalized spacial score (nSPS) is 10.9. The van der Waals surface area contributed by atoms with Crippen LogP contribution in [0.2, 0.25) is 0 Å². The Morgan fingerprint density at radius 1 is 1.10 bits per heavy atom. The van der Waals surface area contributed by atoms with Gasteiger partial charge in [-0.2, -0.15) is 5.10 Å². The molecular weight excluding hydrogens is 271 g/mol. The molecule has 20 heavy (non-hydrogen) atoms. The summed E-state index contributed by atoms with van der Waals surface area (Å²) in [5.41, 5.74) is 6.77. The van der Waals surface area contributed by atoms with Crippen molar-refractivity contribution in [1.82, 2.24) is 9.78 Å². The van der Waals surface area contributed by atoms with Gasteiger partial charge in [0.25, 0.3) is 0 Å². The fourth-order valence-corrected chi connectivity index (χ4v) is 1.82. The van der Waals surface area contributed by atoms with E-state index in [9.17, 15) is 13.2 Å². The molecule has 3 aromatic rings. The van der Waals surface area contributed by atoms with Gasteiger partial charge in [0.05, 0.1) is 24.4 Å². The van der Waals surface area contributed by atoms with E-state index in [1.165, 1.54) is 18.7 Å². The van der Waals surface area contributed by atoms with Crippen molar-refractivity contribution in [3.05, 3.63) is 54.4 Å². The molecule has 0 fully saturated rings. The van der Waals surface area contributed by atoms with Crippen molar-refractivity contribution in [2.45, 2.75) is 0 Å². The van der Waals surface area contributed by atoms with Crippen LogP contribution in [-0.2, 0) is 0 Å². The van der Waals surface area contributed by atoms with Crippen molar-refractivity contribution in [2.24, 2.45) is 0 Å². The van der Waals surface area contributed by atoms with E-state index >= 15 is 0 Å². The van der Waals surface area contributed by atoms with E-state index in [0.29, 0.717) is 17.3 Å². The topological polar surface area (TPSA) is 57.0 Å². The van der Waals surface area contributed by atoms with Crippen LogP contribution < -0.4 is 5.73 Å². The zero-order valence-electron chi connectivity index (χ0n) is 9.98. The molecule has 2 aromatic heterocycles. The first kappa shape index (κ1) is 12.3. The fourth-order valence-electron chi connectivity index (χ4n) is 1.82. The maximum Gasteiger partial charge on any atom is 0.161 e. The van der Waals surface area contributed by atoms with Gasteiger partial charge in [-0.15, -0.1) is 0 Å². The molecule has 0 aliphatic carbocycles. The molecule has 0 spiro atoms. The molecule has 0 saturated heterocycles. The lowest BCUT2D eigenvalue weighted by Gasteiger charge is -2.03. The molecule has 102 valence electrons. The Labute approximate surface area is 111 Å². The zero-order valence-corrected chi connectivity index (χ0v) is 9.98. The van der Waals surface area contributed by atoms with Crippen LogP contribution >= 0.6 is 0 Å². The summed E-state index contributed by atoms with van der Waals surface area (Å²) in [7, 11) is 0. The van der Waals surface area contributed by atoms with Crippen molar-refractivity contribution < 1.29 is 17.6 Å². The second-order valence-electron chi connectivity index (χ2n) is 4.11. The summed E-state index contributed by atoms with van der Waals surface area (Å²) >= 11 is 0. The van der Waals surface area contributed by atoms with Crippen LogP contribution in [0.15, 0.2) is 41.3 Å². The summed E-state index contributed by atoms with van der Waals surface area (Å²) in [5, 5.41) is 4.06. The predicted molar refractivity (Wildman–Crippen MR) is 65.6 cm³/mol. The Morgan fingerprint density at radius 2 is 1.85 bits per heavy atom. The number of nitrogens with zero attached hydrogens (tertiary/aromatic N) is 2. The molecule has 0 atom stereocenters. The standard InChI is InChI=1S/C13H8F3N3O/c14-8-3-10(16)12(4-9(8)15)19-5-11(17)13(18-19)7-1-2-20-6-7/h1-6H,17H2. The van der Waals surface area contributed by atoms with Gasteiger partial charge in [-0.3, -0.25) is 0 Å². The maximum absolute atomic E-state index is 13.7. The largest absolute Gasteiger partial charge is 0.472 e. The Bertz CT molecular complexity index is 766. The molecule has 0 radical (unpaired) electrons. The predicted octanol–water partition coefficient (Wildman–Crippen LogP) is 3.13. The van der Waals surface area contributed by atoms with Crippen LogP contribution in [0.1, 0.15) is 0 Å². The van der Waals surface area contributed by atoms with Gasteiger partial charge in [-0.1, -0.05) is 0 Å². The molecule has 1 aromatic carbocycles. The molecule has 0 aliphatic heterocycles. The molecular formula is C13H8F3N3O. The Morgan fingerprint density at radius 3 is 2.55 bits per heavy atom. The summed E-state index contributed by atoms with van der Waals surface area (Å²) in [6.45, 7) is 0. The quantitative estimate of drug-likeness (QED) is 0.733. The van der Waals surface area contributed by atoms with Gasteiger partial charge >= 0.3 is 0 Å². The Hall–Kier alpha value is -2.70. The Balaban J connectivity index is 2.13. The van der Waals surface area contributed by atoms with E-state index in [-0.39, 0.29) is 11.4 Å². The van der Waals surface area contributed by atoms with Crippen molar-refractivity contribution in [2.75, 3.05) is 5.73 Å². The molecule has 0 aliphatic rings. The average Bonchev–Trinajstić information content (AvgIpc) is 3.02. The minimum Gasteiger partial charge on any atom is -0.472 e. The molecule has 3 rings (SSSR count). The van der Waals surface area contributed by atoms with Crippen LogP contribution in [0.25, 0.3) is 16.9 Å². The van der Waals surface area contributed by atoms with Crippen molar-refractivity contribution in [1.29, 1.82) is 0 Å². The molecule has 0 bridgehead atoms. The van der Waals surface area contributed by atoms with Gasteiger partial charge in [-0.25, -0.2) is 17.9 Å². The third-order valence-electron chi connectivity index (χ3n) is 2.77. The van der Waals surface area contributed by atoms with E-state index in [1.807, 2.05) is 0 Å². The van der Waals surface area contributed by atoms with Crippen LogP contribution in [0, 0.1) is 17.5 Å². The summed E-state index contributed by atoms with van der Waals surface area (Å²) in [6.07, 6.45) is 4.18. The summed E-state index contributed by atoms with van der Waals surface area (Å²) in [4.78, 5) is 0. The van der Waals surface area contributed by atoms with E-state index < -0.39 is 17.5 Å². The number of anilines is 1. The second kappa shape index (κ2) is 4.44. The summed E-state index contributed by atoms with van der Waals surface area (Å²) in [6, 6.07) is 2.81. The van der Waals surface area contributed by atoms with Gasteiger partial charge in [0.15, 0.2) is 17.5 Å². The average molecular weight is 279 g/mol. The highest BCUT2D eigenvalue weighted by Crippen LogP contribution is 2.27. The highest BCUT2D eigenvalue weighted by Gasteiger charge is 2.15. The molecule has 0 saturated carbocycles. The minimum atomic E-state index is -1.26. The molecule has 0 unspecified atom stereocenters. The molecule has 7 heteroatoms. The highest BCUT2D eigenvalue weighted by molar-refractivity contribution is 5.71. The van der Waals surface area contributed by atoms with Gasteiger partial charge in [0.2, 0.25) is 0 Å². The van der Waals surface area contributed by atoms with Crippen LogP contribution in [0.5, 0.6) is 0 Å². The van der Waals surface area contributed by atoms with Crippen molar-refractivity contribution in [3.8, 4) is 16.9 Å². The van der Waals surface area contributed by atoms with E-state index in [0.717, 1.165) is 10.7 Å².